The lowest BCUT2D eigenvalue weighted by Gasteiger charge is -2.06. The highest BCUT2D eigenvalue weighted by Gasteiger charge is 2.07. The smallest absolute Gasteiger partial charge is 0.240 e. The maximum absolute atomic E-state index is 11.9. The lowest BCUT2D eigenvalue weighted by Crippen LogP contribution is -2.21. The van der Waals surface area contributed by atoms with E-state index in [2.05, 4.69) is 15.8 Å². The third-order valence-electron chi connectivity index (χ3n) is 4.15. The van der Waals surface area contributed by atoms with Gasteiger partial charge >= 0.3 is 0 Å². The van der Waals surface area contributed by atoms with Gasteiger partial charge < -0.3 is 5.32 Å². The van der Waals surface area contributed by atoms with Crippen molar-refractivity contribution < 1.29 is 9.59 Å². The molecule has 0 saturated carbocycles. The van der Waals surface area contributed by atoms with Crippen LogP contribution in [0.2, 0.25) is 0 Å². The Bertz CT molecular complexity index is 981. The van der Waals surface area contributed by atoms with Crippen molar-refractivity contribution in [1.29, 1.82) is 0 Å². The highest BCUT2D eigenvalue weighted by molar-refractivity contribution is 6.02. The number of hydrogen-bond donors (Lipinski definition) is 2. The maximum Gasteiger partial charge on any atom is 0.240 e. The standard InChI is InChI=1S/C22H21N3O2/c1-16(18-12-11-17-7-5-6-8-19(17)15-18)24-25-22(27)14-13-21(26)23-20-9-3-2-4-10-20/h2-12,15H,13-14H2,1H3,(H,23,26)(H,25,27). The Labute approximate surface area is 158 Å². The second-order valence-corrected chi connectivity index (χ2v) is 6.21. The zero-order valence-electron chi connectivity index (χ0n) is 15.1. The van der Waals surface area contributed by atoms with Gasteiger partial charge in [0.05, 0.1) is 5.71 Å². The Morgan fingerprint density at radius 2 is 1.48 bits per heavy atom. The number of hydrogen-bond acceptors (Lipinski definition) is 3. The molecule has 0 aliphatic rings. The van der Waals surface area contributed by atoms with Crippen molar-refractivity contribution in [2.45, 2.75) is 19.8 Å². The van der Waals surface area contributed by atoms with Crippen LogP contribution in [0.1, 0.15) is 25.3 Å². The molecular formula is C22H21N3O2. The molecule has 0 aliphatic heterocycles. The Morgan fingerprint density at radius 1 is 0.815 bits per heavy atom. The van der Waals surface area contributed by atoms with Gasteiger partial charge in [-0.2, -0.15) is 5.10 Å². The summed E-state index contributed by atoms with van der Waals surface area (Å²) < 4.78 is 0. The molecular weight excluding hydrogens is 338 g/mol. The van der Waals surface area contributed by atoms with Gasteiger partial charge in [0.2, 0.25) is 11.8 Å². The number of carbonyl (C=O) groups excluding carboxylic acids is 2. The average molecular weight is 359 g/mol. The minimum absolute atomic E-state index is 0.0766. The minimum atomic E-state index is -0.293. The van der Waals surface area contributed by atoms with Gasteiger partial charge in [-0.3, -0.25) is 9.59 Å². The Hall–Kier alpha value is -3.47. The largest absolute Gasteiger partial charge is 0.326 e. The SMILES string of the molecule is CC(=NNC(=O)CCC(=O)Nc1ccccc1)c1ccc2ccccc2c1. The first-order chi connectivity index (χ1) is 13.1. The molecule has 3 aromatic rings. The van der Waals surface area contributed by atoms with Gasteiger partial charge in [-0.25, -0.2) is 5.43 Å². The molecule has 0 aromatic heterocycles. The molecule has 2 amide bonds. The van der Waals surface area contributed by atoms with E-state index in [0.717, 1.165) is 16.3 Å². The molecule has 0 aliphatic carbocycles. The summed E-state index contributed by atoms with van der Waals surface area (Å²) >= 11 is 0. The number of rotatable bonds is 6. The molecule has 0 spiro atoms. The number of fused-ring (bicyclic) bond motifs is 1. The van der Waals surface area contributed by atoms with Crippen LogP contribution in [0.25, 0.3) is 10.8 Å². The van der Waals surface area contributed by atoms with Gasteiger partial charge in [0.15, 0.2) is 0 Å². The normalized spacial score (nSPS) is 11.2. The molecule has 0 radical (unpaired) electrons. The lowest BCUT2D eigenvalue weighted by molar-refractivity contribution is -0.124. The first-order valence-corrected chi connectivity index (χ1v) is 8.79. The van der Waals surface area contributed by atoms with Crippen LogP contribution < -0.4 is 10.7 Å². The monoisotopic (exact) mass is 359 g/mol. The first kappa shape index (κ1) is 18.3. The second kappa shape index (κ2) is 8.76. The predicted octanol–water partition coefficient (Wildman–Crippen LogP) is 4.10. The fourth-order valence-corrected chi connectivity index (χ4v) is 2.65. The van der Waals surface area contributed by atoms with Crippen molar-refractivity contribution in [1.82, 2.24) is 5.43 Å². The third-order valence-corrected chi connectivity index (χ3v) is 4.15. The van der Waals surface area contributed by atoms with Crippen molar-refractivity contribution in [3.63, 3.8) is 0 Å². The van der Waals surface area contributed by atoms with Crippen LogP contribution in [0, 0.1) is 0 Å². The summed E-state index contributed by atoms with van der Waals surface area (Å²) in [6.45, 7) is 1.84. The van der Waals surface area contributed by atoms with Gasteiger partial charge in [0.1, 0.15) is 0 Å². The molecule has 3 rings (SSSR count). The predicted molar refractivity (Wildman–Crippen MR) is 109 cm³/mol. The maximum atomic E-state index is 11.9. The second-order valence-electron chi connectivity index (χ2n) is 6.21. The summed E-state index contributed by atoms with van der Waals surface area (Å²) in [5.74, 6) is -0.495. The zero-order chi connectivity index (χ0) is 19.1. The molecule has 27 heavy (non-hydrogen) atoms. The molecule has 0 unspecified atom stereocenters. The molecule has 3 aromatic carbocycles. The Kier molecular flexibility index (Phi) is 5.94. The van der Waals surface area contributed by atoms with E-state index >= 15 is 0 Å². The Morgan fingerprint density at radius 3 is 2.26 bits per heavy atom. The number of carbonyl (C=O) groups is 2. The zero-order valence-corrected chi connectivity index (χ0v) is 15.1. The number of nitrogens with zero attached hydrogens (tertiary/aromatic N) is 1. The number of benzene rings is 3. The fourth-order valence-electron chi connectivity index (χ4n) is 2.65. The van der Waals surface area contributed by atoms with E-state index in [1.165, 1.54) is 0 Å². The van der Waals surface area contributed by atoms with Crippen LogP contribution in [0.5, 0.6) is 0 Å². The van der Waals surface area contributed by atoms with Crippen molar-refractivity contribution in [3.8, 4) is 0 Å². The van der Waals surface area contributed by atoms with Crippen LogP contribution in [0.4, 0.5) is 5.69 Å². The third kappa shape index (κ3) is 5.25. The van der Waals surface area contributed by atoms with E-state index in [1.807, 2.05) is 67.6 Å². The number of hydrazone groups is 1. The number of anilines is 1. The molecule has 0 bridgehead atoms. The van der Waals surface area contributed by atoms with Crippen LogP contribution in [-0.2, 0) is 9.59 Å². The molecule has 0 saturated heterocycles. The van der Waals surface area contributed by atoms with Gasteiger partial charge in [-0.15, -0.1) is 0 Å². The van der Waals surface area contributed by atoms with Crippen molar-refractivity contribution >= 4 is 34.0 Å². The highest BCUT2D eigenvalue weighted by Crippen LogP contribution is 2.16. The van der Waals surface area contributed by atoms with Crippen molar-refractivity contribution in [2.75, 3.05) is 5.32 Å². The van der Waals surface area contributed by atoms with E-state index < -0.39 is 0 Å². The van der Waals surface area contributed by atoms with Crippen molar-refractivity contribution in [3.05, 3.63) is 78.4 Å². The number of amides is 2. The highest BCUT2D eigenvalue weighted by atomic mass is 16.2. The van der Waals surface area contributed by atoms with Crippen LogP contribution >= 0.6 is 0 Å². The summed E-state index contributed by atoms with van der Waals surface area (Å²) in [6, 6.07) is 23.3. The Balaban J connectivity index is 1.51. The van der Waals surface area contributed by atoms with Crippen molar-refractivity contribution in [2.24, 2.45) is 5.10 Å². The average Bonchev–Trinajstić information content (AvgIpc) is 2.71. The first-order valence-electron chi connectivity index (χ1n) is 8.79. The van der Waals surface area contributed by atoms with E-state index in [0.29, 0.717) is 11.4 Å². The fraction of sp³-hybridized carbons (Fsp3) is 0.136. The molecule has 5 nitrogen and oxygen atoms in total. The van der Waals surface area contributed by atoms with E-state index in [9.17, 15) is 9.59 Å². The number of para-hydroxylation sites is 1. The summed E-state index contributed by atoms with van der Waals surface area (Å²) in [7, 11) is 0. The summed E-state index contributed by atoms with van der Waals surface area (Å²) in [5.41, 5.74) is 4.88. The van der Waals surface area contributed by atoms with Gasteiger partial charge in [-0.05, 0) is 41.5 Å². The van der Waals surface area contributed by atoms with Gasteiger partial charge in [0, 0.05) is 18.5 Å². The number of nitrogens with one attached hydrogen (secondary N) is 2. The summed E-state index contributed by atoms with van der Waals surface area (Å²) in [6.07, 6.45) is 0.179. The molecule has 0 heterocycles. The quantitative estimate of drug-likeness (QED) is 0.514. The van der Waals surface area contributed by atoms with E-state index in [1.54, 1.807) is 12.1 Å². The molecule has 2 N–H and O–H groups in total. The van der Waals surface area contributed by atoms with E-state index in [4.69, 9.17) is 0 Å². The van der Waals surface area contributed by atoms with E-state index in [-0.39, 0.29) is 24.7 Å². The molecule has 0 fully saturated rings. The topological polar surface area (TPSA) is 70.6 Å². The van der Waals surface area contributed by atoms with Crippen LogP contribution in [-0.4, -0.2) is 17.5 Å². The molecule has 5 heteroatoms. The van der Waals surface area contributed by atoms with Crippen LogP contribution in [0.15, 0.2) is 77.9 Å². The minimum Gasteiger partial charge on any atom is -0.326 e. The summed E-state index contributed by atoms with van der Waals surface area (Å²) in [4.78, 5) is 23.8. The molecule has 136 valence electrons. The lowest BCUT2D eigenvalue weighted by atomic mass is 10.0. The van der Waals surface area contributed by atoms with Gasteiger partial charge in [0.25, 0.3) is 0 Å². The summed E-state index contributed by atoms with van der Waals surface area (Å²) in [5, 5.41) is 9.17. The van der Waals surface area contributed by atoms with Gasteiger partial charge in [-0.1, -0.05) is 54.6 Å². The molecule has 0 atom stereocenters. The van der Waals surface area contributed by atoms with Crippen LogP contribution in [0.3, 0.4) is 0 Å².